The normalized spacial score (nSPS) is 13.4. The molecule has 22 heavy (non-hydrogen) atoms. The molecule has 118 valence electrons. The third kappa shape index (κ3) is 4.71. The van der Waals surface area contributed by atoms with E-state index < -0.39 is 0 Å². The van der Waals surface area contributed by atoms with Crippen LogP contribution in [-0.4, -0.2) is 34.9 Å². The monoisotopic (exact) mass is 336 g/mol. The molecule has 0 saturated heterocycles. The number of amides is 1. The van der Waals surface area contributed by atoms with Gasteiger partial charge in [-0.15, -0.1) is 10.2 Å². The van der Waals surface area contributed by atoms with Gasteiger partial charge in [-0.1, -0.05) is 60.4 Å². The number of thioether (sulfide) groups is 1. The first-order chi connectivity index (χ1) is 10.6. The largest absolute Gasteiger partial charge is 0.363 e. The van der Waals surface area contributed by atoms with Gasteiger partial charge in [-0.25, -0.2) is 0 Å². The maximum atomic E-state index is 12.2. The predicted molar refractivity (Wildman–Crippen MR) is 92.6 cm³/mol. The lowest BCUT2D eigenvalue weighted by atomic mass is 10.0. The molecule has 0 saturated carbocycles. The molecule has 7 heteroatoms. The molecule has 0 spiro atoms. The van der Waals surface area contributed by atoms with Crippen LogP contribution in [0.5, 0.6) is 0 Å². The minimum atomic E-state index is -0.194. The van der Waals surface area contributed by atoms with E-state index in [9.17, 15) is 4.79 Å². The highest BCUT2D eigenvalue weighted by atomic mass is 32.2. The van der Waals surface area contributed by atoms with Crippen molar-refractivity contribution < 1.29 is 4.79 Å². The van der Waals surface area contributed by atoms with Crippen LogP contribution in [0.25, 0.3) is 0 Å². The van der Waals surface area contributed by atoms with E-state index in [2.05, 4.69) is 39.9 Å². The van der Waals surface area contributed by atoms with Gasteiger partial charge in [0, 0.05) is 13.6 Å². The number of hydrogen-bond donors (Lipinski definition) is 2. The molecular formula is C15H20N4OS2. The van der Waals surface area contributed by atoms with Gasteiger partial charge in [0.25, 0.3) is 0 Å². The number of carbonyl (C=O) groups is 1. The molecule has 2 rings (SSSR count). The average molecular weight is 336 g/mol. The van der Waals surface area contributed by atoms with Crippen molar-refractivity contribution in [3.8, 4) is 0 Å². The van der Waals surface area contributed by atoms with E-state index >= 15 is 0 Å². The van der Waals surface area contributed by atoms with Crippen LogP contribution in [0, 0.1) is 0 Å². The first-order valence-corrected chi connectivity index (χ1v) is 8.80. The van der Waals surface area contributed by atoms with E-state index in [4.69, 9.17) is 0 Å². The minimum Gasteiger partial charge on any atom is -0.363 e. The quantitative estimate of drug-likeness (QED) is 0.761. The number of anilines is 1. The number of nitrogens with one attached hydrogen (secondary N) is 2. The molecular weight excluding hydrogens is 316 g/mol. The van der Waals surface area contributed by atoms with E-state index in [-0.39, 0.29) is 11.2 Å². The molecule has 1 amide bonds. The van der Waals surface area contributed by atoms with E-state index in [0.717, 1.165) is 9.47 Å². The molecule has 0 bridgehead atoms. The summed E-state index contributed by atoms with van der Waals surface area (Å²) in [6.07, 6.45) is 0. The SMILES string of the molecule is CNc1nnc(S[C@H](C)C(=O)NC[C@@H](C)c2ccccc2)s1. The highest BCUT2D eigenvalue weighted by molar-refractivity contribution is 8.02. The Bertz CT molecular complexity index is 603. The van der Waals surface area contributed by atoms with Crippen molar-refractivity contribution in [2.45, 2.75) is 29.4 Å². The van der Waals surface area contributed by atoms with Crippen LogP contribution in [-0.2, 0) is 4.79 Å². The lowest BCUT2D eigenvalue weighted by molar-refractivity contribution is -0.120. The number of hydrogen-bond acceptors (Lipinski definition) is 6. The molecule has 2 atom stereocenters. The second-order valence-corrected chi connectivity index (χ2v) is 7.51. The highest BCUT2D eigenvalue weighted by Gasteiger charge is 2.17. The van der Waals surface area contributed by atoms with Crippen molar-refractivity contribution >= 4 is 34.1 Å². The fourth-order valence-electron chi connectivity index (χ4n) is 1.86. The maximum Gasteiger partial charge on any atom is 0.233 e. The van der Waals surface area contributed by atoms with Crippen LogP contribution in [0.15, 0.2) is 34.7 Å². The van der Waals surface area contributed by atoms with Crippen LogP contribution < -0.4 is 10.6 Å². The maximum absolute atomic E-state index is 12.2. The Hall–Kier alpha value is -1.60. The van der Waals surface area contributed by atoms with Crippen molar-refractivity contribution in [2.24, 2.45) is 0 Å². The number of aromatic nitrogens is 2. The van der Waals surface area contributed by atoms with Gasteiger partial charge < -0.3 is 10.6 Å². The summed E-state index contributed by atoms with van der Waals surface area (Å²) < 4.78 is 0.795. The number of rotatable bonds is 7. The molecule has 0 aliphatic heterocycles. The van der Waals surface area contributed by atoms with Crippen molar-refractivity contribution in [1.82, 2.24) is 15.5 Å². The lowest BCUT2D eigenvalue weighted by Crippen LogP contribution is -2.33. The zero-order chi connectivity index (χ0) is 15.9. The molecule has 0 fully saturated rings. The summed E-state index contributed by atoms with van der Waals surface area (Å²) in [7, 11) is 1.80. The van der Waals surface area contributed by atoms with Crippen LogP contribution >= 0.6 is 23.1 Å². The first kappa shape index (κ1) is 16.8. The number of benzene rings is 1. The second-order valence-electron chi connectivity index (χ2n) is 4.94. The van der Waals surface area contributed by atoms with Gasteiger partial charge in [0.05, 0.1) is 5.25 Å². The minimum absolute atomic E-state index is 0.0222. The molecule has 1 aromatic heterocycles. The average Bonchev–Trinajstić information content (AvgIpc) is 3.00. The molecule has 1 aromatic carbocycles. The summed E-state index contributed by atoms with van der Waals surface area (Å²) >= 11 is 2.88. The van der Waals surface area contributed by atoms with E-state index in [1.54, 1.807) is 7.05 Å². The van der Waals surface area contributed by atoms with Crippen LogP contribution in [0.1, 0.15) is 25.3 Å². The van der Waals surface area contributed by atoms with Gasteiger partial charge in [0.1, 0.15) is 0 Å². The molecule has 1 heterocycles. The Morgan fingerprint density at radius 3 is 2.64 bits per heavy atom. The van der Waals surface area contributed by atoms with Crippen molar-refractivity contribution in [3.63, 3.8) is 0 Å². The highest BCUT2D eigenvalue weighted by Crippen LogP contribution is 2.28. The van der Waals surface area contributed by atoms with Crippen LogP contribution in [0.3, 0.4) is 0 Å². The van der Waals surface area contributed by atoms with Crippen LogP contribution in [0.2, 0.25) is 0 Å². The summed E-state index contributed by atoms with van der Waals surface area (Å²) in [5, 5.41) is 14.5. The van der Waals surface area contributed by atoms with Crippen molar-refractivity contribution in [2.75, 3.05) is 18.9 Å². The van der Waals surface area contributed by atoms with Crippen LogP contribution in [0.4, 0.5) is 5.13 Å². The molecule has 2 N–H and O–H groups in total. The Balaban J connectivity index is 1.81. The first-order valence-electron chi connectivity index (χ1n) is 7.10. The third-order valence-corrected chi connectivity index (χ3v) is 5.34. The zero-order valence-electron chi connectivity index (χ0n) is 12.9. The second kappa shape index (κ2) is 8.14. The standard InChI is InChI=1S/C15H20N4OS2/c1-10(12-7-5-4-6-8-12)9-17-13(20)11(2)21-15-19-18-14(16-3)22-15/h4-8,10-11H,9H2,1-3H3,(H,16,18)(H,17,20)/t10-,11-/m1/s1. The Kier molecular flexibility index (Phi) is 6.21. The molecule has 0 radical (unpaired) electrons. The van der Waals surface area contributed by atoms with Gasteiger partial charge in [0.15, 0.2) is 4.34 Å². The van der Waals surface area contributed by atoms with E-state index in [0.29, 0.717) is 12.5 Å². The Morgan fingerprint density at radius 2 is 2.00 bits per heavy atom. The number of nitrogens with zero attached hydrogens (tertiary/aromatic N) is 2. The third-order valence-electron chi connectivity index (χ3n) is 3.22. The van der Waals surface area contributed by atoms with Gasteiger partial charge in [0.2, 0.25) is 11.0 Å². The van der Waals surface area contributed by atoms with Crippen molar-refractivity contribution in [1.29, 1.82) is 0 Å². The smallest absolute Gasteiger partial charge is 0.233 e. The van der Waals surface area contributed by atoms with Gasteiger partial charge in [-0.2, -0.15) is 0 Å². The van der Waals surface area contributed by atoms with Crippen molar-refractivity contribution in [3.05, 3.63) is 35.9 Å². The predicted octanol–water partition coefficient (Wildman–Crippen LogP) is 2.98. The fraction of sp³-hybridized carbons (Fsp3) is 0.400. The molecule has 0 aliphatic rings. The lowest BCUT2D eigenvalue weighted by Gasteiger charge is -2.15. The summed E-state index contributed by atoms with van der Waals surface area (Å²) in [6, 6.07) is 10.2. The zero-order valence-corrected chi connectivity index (χ0v) is 14.5. The summed E-state index contributed by atoms with van der Waals surface area (Å²) in [5.41, 5.74) is 1.23. The van der Waals surface area contributed by atoms with Gasteiger partial charge in [-0.05, 0) is 18.4 Å². The summed E-state index contributed by atoms with van der Waals surface area (Å²) in [4.78, 5) is 12.2. The fourth-order valence-corrected chi connectivity index (χ4v) is 3.73. The molecule has 5 nitrogen and oxygen atoms in total. The van der Waals surface area contributed by atoms with E-state index in [1.807, 2.05) is 25.1 Å². The molecule has 0 unspecified atom stereocenters. The van der Waals surface area contributed by atoms with Gasteiger partial charge >= 0.3 is 0 Å². The molecule has 0 aliphatic carbocycles. The van der Waals surface area contributed by atoms with Gasteiger partial charge in [-0.3, -0.25) is 4.79 Å². The Labute approximate surface area is 138 Å². The molecule has 2 aromatic rings. The van der Waals surface area contributed by atoms with E-state index in [1.165, 1.54) is 28.7 Å². The Morgan fingerprint density at radius 1 is 1.27 bits per heavy atom. The topological polar surface area (TPSA) is 66.9 Å². The summed E-state index contributed by atoms with van der Waals surface area (Å²) in [6.45, 7) is 4.62. The number of carbonyl (C=O) groups excluding carboxylic acids is 1. The summed E-state index contributed by atoms with van der Waals surface area (Å²) in [5.74, 6) is 0.314.